The van der Waals surface area contributed by atoms with E-state index in [0.717, 1.165) is 6.42 Å². The standard InChI is InChI=1S/C9H18F4N2/c1-3-7(2)15-5-4-14-6-9(12,13)8(10)11/h7-8,14-15H,3-6H2,1-2H3. The average molecular weight is 230 g/mol. The molecule has 0 amide bonds. The van der Waals surface area contributed by atoms with E-state index in [2.05, 4.69) is 10.6 Å². The minimum atomic E-state index is -3.93. The fraction of sp³-hybridized carbons (Fsp3) is 1.00. The van der Waals surface area contributed by atoms with Gasteiger partial charge in [-0.05, 0) is 13.3 Å². The van der Waals surface area contributed by atoms with Crippen molar-refractivity contribution in [1.29, 1.82) is 0 Å². The predicted octanol–water partition coefficient (Wildman–Crippen LogP) is 1.86. The molecular formula is C9H18F4N2. The van der Waals surface area contributed by atoms with Gasteiger partial charge in [0, 0.05) is 19.1 Å². The van der Waals surface area contributed by atoms with E-state index in [1.165, 1.54) is 0 Å². The molecule has 0 aromatic heterocycles. The molecule has 92 valence electrons. The van der Waals surface area contributed by atoms with Crippen LogP contribution in [0.1, 0.15) is 20.3 Å². The zero-order valence-electron chi connectivity index (χ0n) is 8.99. The lowest BCUT2D eigenvalue weighted by Crippen LogP contribution is -2.42. The summed E-state index contributed by atoms with van der Waals surface area (Å²) in [5.74, 6) is -3.93. The van der Waals surface area contributed by atoms with Crippen LogP contribution in [0.15, 0.2) is 0 Å². The highest BCUT2D eigenvalue weighted by atomic mass is 19.3. The molecule has 6 heteroatoms. The second-order valence-corrected chi connectivity index (χ2v) is 3.50. The molecule has 0 aliphatic heterocycles. The smallest absolute Gasteiger partial charge is 0.313 e. The fourth-order valence-corrected chi connectivity index (χ4v) is 0.883. The van der Waals surface area contributed by atoms with Crippen molar-refractivity contribution < 1.29 is 17.6 Å². The molecule has 0 radical (unpaired) electrons. The monoisotopic (exact) mass is 230 g/mol. The van der Waals surface area contributed by atoms with E-state index in [0.29, 0.717) is 12.6 Å². The summed E-state index contributed by atoms with van der Waals surface area (Å²) in [6, 6.07) is 0.308. The van der Waals surface area contributed by atoms with Crippen molar-refractivity contribution in [3.8, 4) is 0 Å². The van der Waals surface area contributed by atoms with Gasteiger partial charge in [0.05, 0.1) is 6.54 Å². The Labute approximate surface area is 87.4 Å². The topological polar surface area (TPSA) is 24.1 Å². The molecule has 0 aliphatic carbocycles. The maximum absolute atomic E-state index is 12.4. The first kappa shape index (κ1) is 14.6. The minimum absolute atomic E-state index is 0.257. The fourth-order valence-electron chi connectivity index (χ4n) is 0.883. The number of alkyl halides is 4. The highest BCUT2D eigenvalue weighted by Gasteiger charge is 2.39. The van der Waals surface area contributed by atoms with Crippen molar-refractivity contribution in [1.82, 2.24) is 10.6 Å². The van der Waals surface area contributed by atoms with Crippen LogP contribution in [0.25, 0.3) is 0 Å². The molecule has 0 aromatic carbocycles. The van der Waals surface area contributed by atoms with Gasteiger partial charge in [-0.1, -0.05) is 6.92 Å². The van der Waals surface area contributed by atoms with Crippen LogP contribution in [0.4, 0.5) is 17.6 Å². The second kappa shape index (κ2) is 7.00. The molecule has 0 heterocycles. The Morgan fingerprint density at radius 1 is 1.20 bits per heavy atom. The largest absolute Gasteiger partial charge is 0.319 e. The van der Waals surface area contributed by atoms with Gasteiger partial charge in [0.2, 0.25) is 0 Å². The molecule has 0 aliphatic rings. The Hall–Kier alpha value is -0.360. The first-order chi connectivity index (χ1) is 6.90. The Morgan fingerprint density at radius 3 is 2.27 bits per heavy atom. The molecule has 0 fully saturated rings. The van der Waals surface area contributed by atoms with Crippen molar-refractivity contribution in [2.75, 3.05) is 19.6 Å². The molecular weight excluding hydrogens is 212 g/mol. The van der Waals surface area contributed by atoms with E-state index < -0.39 is 18.9 Å². The molecule has 0 saturated heterocycles. The Bertz CT molecular complexity index is 164. The lowest BCUT2D eigenvalue weighted by atomic mass is 10.2. The zero-order valence-corrected chi connectivity index (χ0v) is 8.99. The minimum Gasteiger partial charge on any atom is -0.313 e. The number of rotatable bonds is 8. The van der Waals surface area contributed by atoms with E-state index in [-0.39, 0.29) is 6.54 Å². The molecule has 0 bridgehead atoms. The van der Waals surface area contributed by atoms with Crippen LogP contribution in [0, 0.1) is 0 Å². The van der Waals surface area contributed by atoms with E-state index in [1.807, 2.05) is 13.8 Å². The van der Waals surface area contributed by atoms with Crippen LogP contribution in [0.2, 0.25) is 0 Å². The molecule has 0 rings (SSSR count). The van der Waals surface area contributed by atoms with Gasteiger partial charge in [0.15, 0.2) is 0 Å². The second-order valence-electron chi connectivity index (χ2n) is 3.50. The van der Waals surface area contributed by atoms with E-state index in [4.69, 9.17) is 0 Å². The maximum Gasteiger partial charge on any atom is 0.319 e. The highest BCUT2D eigenvalue weighted by molar-refractivity contribution is 4.72. The molecule has 0 saturated carbocycles. The Morgan fingerprint density at radius 2 is 1.80 bits per heavy atom. The zero-order chi connectivity index (χ0) is 11.9. The number of hydrogen-bond donors (Lipinski definition) is 2. The predicted molar refractivity (Wildman–Crippen MR) is 51.6 cm³/mol. The van der Waals surface area contributed by atoms with Gasteiger partial charge in [-0.25, -0.2) is 8.78 Å². The molecule has 2 nitrogen and oxygen atoms in total. The summed E-state index contributed by atoms with van der Waals surface area (Å²) in [4.78, 5) is 0. The van der Waals surface area contributed by atoms with Crippen molar-refractivity contribution >= 4 is 0 Å². The van der Waals surface area contributed by atoms with Crippen molar-refractivity contribution in [3.05, 3.63) is 0 Å². The summed E-state index contributed by atoms with van der Waals surface area (Å²) in [5, 5.41) is 5.35. The van der Waals surface area contributed by atoms with Crippen LogP contribution in [-0.2, 0) is 0 Å². The summed E-state index contributed by atoms with van der Waals surface area (Å²) in [6.07, 6.45) is -2.67. The lowest BCUT2D eigenvalue weighted by Gasteiger charge is -2.16. The van der Waals surface area contributed by atoms with Crippen molar-refractivity contribution in [2.45, 2.75) is 38.7 Å². The van der Waals surface area contributed by atoms with Crippen molar-refractivity contribution in [2.24, 2.45) is 0 Å². The first-order valence-corrected chi connectivity index (χ1v) is 5.00. The first-order valence-electron chi connectivity index (χ1n) is 5.00. The van der Waals surface area contributed by atoms with Crippen LogP contribution in [0.3, 0.4) is 0 Å². The summed E-state index contributed by atoms with van der Waals surface area (Å²) < 4.78 is 48.1. The molecule has 0 spiro atoms. The van der Waals surface area contributed by atoms with Crippen molar-refractivity contribution in [3.63, 3.8) is 0 Å². The van der Waals surface area contributed by atoms with E-state index in [1.54, 1.807) is 0 Å². The molecule has 0 aromatic rings. The molecule has 1 atom stereocenters. The molecule has 1 unspecified atom stereocenters. The summed E-state index contributed by atoms with van der Waals surface area (Å²) in [5.41, 5.74) is 0. The third-order valence-corrected chi connectivity index (χ3v) is 2.09. The third kappa shape index (κ3) is 6.67. The normalized spacial score (nSPS) is 14.6. The number of nitrogens with one attached hydrogen (secondary N) is 2. The van der Waals surface area contributed by atoms with Gasteiger partial charge in [-0.3, -0.25) is 0 Å². The highest BCUT2D eigenvalue weighted by Crippen LogP contribution is 2.21. The van der Waals surface area contributed by atoms with Crippen LogP contribution in [0.5, 0.6) is 0 Å². The Balaban J connectivity index is 3.46. The number of hydrogen-bond acceptors (Lipinski definition) is 2. The molecule has 2 N–H and O–H groups in total. The van der Waals surface area contributed by atoms with Crippen LogP contribution < -0.4 is 10.6 Å². The lowest BCUT2D eigenvalue weighted by molar-refractivity contribution is -0.125. The van der Waals surface area contributed by atoms with Crippen LogP contribution >= 0.6 is 0 Å². The van der Waals surface area contributed by atoms with Gasteiger partial charge in [-0.15, -0.1) is 0 Å². The SMILES string of the molecule is CCC(C)NCCNCC(F)(F)C(F)F. The summed E-state index contributed by atoms with van der Waals surface area (Å²) in [7, 11) is 0. The van der Waals surface area contributed by atoms with E-state index >= 15 is 0 Å². The van der Waals surface area contributed by atoms with Gasteiger partial charge >= 0.3 is 12.3 Å². The van der Waals surface area contributed by atoms with Gasteiger partial charge in [0.1, 0.15) is 0 Å². The van der Waals surface area contributed by atoms with E-state index in [9.17, 15) is 17.6 Å². The van der Waals surface area contributed by atoms with Crippen LogP contribution in [-0.4, -0.2) is 38.0 Å². The quantitative estimate of drug-likeness (QED) is 0.491. The number of halogens is 4. The van der Waals surface area contributed by atoms with Gasteiger partial charge in [-0.2, -0.15) is 8.78 Å². The van der Waals surface area contributed by atoms with Gasteiger partial charge < -0.3 is 10.6 Å². The average Bonchev–Trinajstić information content (AvgIpc) is 2.16. The third-order valence-electron chi connectivity index (χ3n) is 2.09. The maximum atomic E-state index is 12.4. The summed E-state index contributed by atoms with van der Waals surface area (Å²) in [6.45, 7) is 3.73. The Kier molecular flexibility index (Phi) is 6.84. The van der Waals surface area contributed by atoms with Gasteiger partial charge in [0.25, 0.3) is 0 Å². The molecule has 15 heavy (non-hydrogen) atoms. The summed E-state index contributed by atoms with van der Waals surface area (Å²) >= 11 is 0.